The van der Waals surface area contributed by atoms with Crippen LogP contribution in [0.4, 0.5) is 0 Å². The zero-order valence-electron chi connectivity index (χ0n) is 11.3. The standard InChI is InChI=1S/C15H24N2S/c1-16-12-14-6-5-9-17(13-14)10-11-18-15-7-3-2-4-8-15/h2-4,7-8,14,16H,5-6,9-13H2,1H3. The first-order chi connectivity index (χ1) is 8.88. The van der Waals surface area contributed by atoms with Crippen molar-refractivity contribution in [3.05, 3.63) is 30.3 Å². The molecule has 0 amide bonds. The van der Waals surface area contributed by atoms with Gasteiger partial charge in [-0.05, 0) is 51.0 Å². The summed E-state index contributed by atoms with van der Waals surface area (Å²) in [5.41, 5.74) is 0. The van der Waals surface area contributed by atoms with Crippen LogP contribution in [-0.2, 0) is 0 Å². The van der Waals surface area contributed by atoms with E-state index in [1.54, 1.807) is 0 Å². The number of hydrogen-bond acceptors (Lipinski definition) is 3. The van der Waals surface area contributed by atoms with Crippen molar-refractivity contribution >= 4 is 11.8 Å². The van der Waals surface area contributed by atoms with E-state index in [0.29, 0.717) is 0 Å². The fourth-order valence-electron chi connectivity index (χ4n) is 2.62. The van der Waals surface area contributed by atoms with Crippen molar-refractivity contribution in [1.29, 1.82) is 0 Å². The fraction of sp³-hybridized carbons (Fsp3) is 0.600. The van der Waals surface area contributed by atoms with Gasteiger partial charge < -0.3 is 10.2 Å². The van der Waals surface area contributed by atoms with Gasteiger partial charge in [-0.25, -0.2) is 0 Å². The molecule has 0 bridgehead atoms. The first-order valence-corrected chi connectivity index (χ1v) is 7.92. The van der Waals surface area contributed by atoms with Crippen LogP contribution in [0.5, 0.6) is 0 Å². The van der Waals surface area contributed by atoms with Crippen LogP contribution >= 0.6 is 11.8 Å². The molecule has 1 heterocycles. The highest BCUT2D eigenvalue weighted by molar-refractivity contribution is 7.99. The molecule has 0 aromatic heterocycles. The maximum absolute atomic E-state index is 3.31. The molecule has 1 aromatic rings. The highest BCUT2D eigenvalue weighted by Gasteiger charge is 2.18. The third-order valence-electron chi connectivity index (χ3n) is 3.52. The second-order valence-corrected chi connectivity index (χ2v) is 6.20. The summed E-state index contributed by atoms with van der Waals surface area (Å²) >= 11 is 1.97. The summed E-state index contributed by atoms with van der Waals surface area (Å²) in [6.07, 6.45) is 2.76. The summed E-state index contributed by atoms with van der Waals surface area (Å²) in [5, 5.41) is 3.31. The molecular weight excluding hydrogens is 240 g/mol. The lowest BCUT2D eigenvalue weighted by atomic mass is 9.98. The third-order valence-corrected chi connectivity index (χ3v) is 4.51. The predicted molar refractivity (Wildman–Crippen MR) is 80.3 cm³/mol. The monoisotopic (exact) mass is 264 g/mol. The van der Waals surface area contributed by atoms with Crippen molar-refractivity contribution in [1.82, 2.24) is 10.2 Å². The summed E-state index contributed by atoms with van der Waals surface area (Å²) in [6, 6.07) is 10.7. The molecule has 1 N–H and O–H groups in total. The molecule has 2 nitrogen and oxygen atoms in total. The molecule has 18 heavy (non-hydrogen) atoms. The van der Waals surface area contributed by atoms with Gasteiger partial charge in [0.2, 0.25) is 0 Å². The Balaban J connectivity index is 1.67. The molecule has 1 aliphatic heterocycles. The zero-order chi connectivity index (χ0) is 12.6. The summed E-state index contributed by atoms with van der Waals surface area (Å²) in [5.74, 6) is 2.06. The lowest BCUT2D eigenvalue weighted by Gasteiger charge is -2.32. The number of hydrogen-bond donors (Lipinski definition) is 1. The SMILES string of the molecule is CNCC1CCCN(CCSc2ccccc2)C1. The minimum absolute atomic E-state index is 0.852. The van der Waals surface area contributed by atoms with E-state index in [2.05, 4.69) is 47.6 Å². The molecule has 0 aliphatic carbocycles. The van der Waals surface area contributed by atoms with Crippen molar-refractivity contribution in [3.8, 4) is 0 Å². The summed E-state index contributed by atoms with van der Waals surface area (Å²) < 4.78 is 0. The van der Waals surface area contributed by atoms with Gasteiger partial charge in [-0.3, -0.25) is 0 Å². The maximum Gasteiger partial charge on any atom is 0.0108 e. The topological polar surface area (TPSA) is 15.3 Å². The van der Waals surface area contributed by atoms with Crippen molar-refractivity contribution < 1.29 is 0 Å². The van der Waals surface area contributed by atoms with Gasteiger partial charge in [0.1, 0.15) is 0 Å². The lowest BCUT2D eigenvalue weighted by molar-refractivity contribution is 0.183. The van der Waals surface area contributed by atoms with E-state index < -0.39 is 0 Å². The predicted octanol–water partition coefficient (Wildman–Crippen LogP) is 2.71. The van der Waals surface area contributed by atoms with Crippen LogP contribution < -0.4 is 5.32 Å². The van der Waals surface area contributed by atoms with Crippen molar-refractivity contribution in [3.63, 3.8) is 0 Å². The van der Waals surface area contributed by atoms with Gasteiger partial charge in [-0.15, -0.1) is 11.8 Å². The Morgan fingerprint density at radius 3 is 2.94 bits per heavy atom. The summed E-state index contributed by atoms with van der Waals surface area (Å²) in [6.45, 7) is 4.95. The average Bonchev–Trinajstić information content (AvgIpc) is 2.41. The Bertz CT molecular complexity index is 327. The third kappa shape index (κ3) is 4.63. The average molecular weight is 264 g/mol. The molecule has 2 rings (SSSR count). The molecule has 1 unspecified atom stereocenters. The molecule has 1 aromatic carbocycles. The molecule has 3 heteroatoms. The molecule has 1 saturated heterocycles. The number of thioether (sulfide) groups is 1. The first-order valence-electron chi connectivity index (χ1n) is 6.93. The number of nitrogens with one attached hydrogen (secondary N) is 1. The smallest absolute Gasteiger partial charge is 0.0108 e. The van der Waals surface area contributed by atoms with Gasteiger partial charge in [0.25, 0.3) is 0 Å². The van der Waals surface area contributed by atoms with E-state index in [1.165, 1.54) is 49.7 Å². The van der Waals surface area contributed by atoms with Crippen molar-refractivity contribution in [2.24, 2.45) is 5.92 Å². The highest BCUT2D eigenvalue weighted by atomic mass is 32.2. The molecule has 100 valence electrons. The minimum Gasteiger partial charge on any atom is -0.319 e. The molecule has 0 radical (unpaired) electrons. The van der Waals surface area contributed by atoms with Crippen LogP contribution in [0, 0.1) is 5.92 Å². The van der Waals surface area contributed by atoms with E-state index in [9.17, 15) is 0 Å². The minimum atomic E-state index is 0.852. The van der Waals surface area contributed by atoms with Gasteiger partial charge in [-0.1, -0.05) is 18.2 Å². The first kappa shape index (κ1) is 13.9. The Labute approximate surface area is 115 Å². The van der Waals surface area contributed by atoms with Crippen molar-refractivity contribution in [2.75, 3.05) is 39.0 Å². The number of likely N-dealkylation sites (tertiary alicyclic amines) is 1. The molecule has 1 atom stereocenters. The van der Waals surface area contributed by atoms with E-state index in [4.69, 9.17) is 0 Å². The Morgan fingerprint density at radius 1 is 1.33 bits per heavy atom. The van der Waals surface area contributed by atoms with Crippen LogP contribution in [0.15, 0.2) is 35.2 Å². The number of benzene rings is 1. The number of piperidine rings is 1. The van der Waals surface area contributed by atoms with Gasteiger partial charge in [0.05, 0.1) is 0 Å². The van der Waals surface area contributed by atoms with Gasteiger partial charge in [0, 0.05) is 23.7 Å². The zero-order valence-corrected chi connectivity index (χ0v) is 12.1. The second kappa shape index (κ2) is 7.82. The molecular formula is C15H24N2S. The van der Waals surface area contributed by atoms with Crippen molar-refractivity contribution in [2.45, 2.75) is 17.7 Å². The molecule has 1 fully saturated rings. The number of rotatable bonds is 6. The van der Waals surface area contributed by atoms with Gasteiger partial charge in [-0.2, -0.15) is 0 Å². The second-order valence-electron chi connectivity index (χ2n) is 5.03. The molecule has 0 spiro atoms. The highest BCUT2D eigenvalue weighted by Crippen LogP contribution is 2.19. The van der Waals surface area contributed by atoms with E-state index in [0.717, 1.165) is 5.92 Å². The number of nitrogens with zero attached hydrogens (tertiary/aromatic N) is 1. The van der Waals surface area contributed by atoms with Crippen LogP contribution in [0.25, 0.3) is 0 Å². The lowest BCUT2D eigenvalue weighted by Crippen LogP contribution is -2.40. The maximum atomic E-state index is 3.31. The Hall–Kier alpha value is -0.510. The quantitative estimate of drug-likeness (QED) is 0.795. The van der Waals surface area contributed by atoms with Gasteiger partial charge >= 0.3 is 0 Å². The molecule has 0 saturated carbocycles. The largest absolute Gasteiger partial charge is 0.319 e. The normalized spacial score (nSPS) is 21.1. The van der Waals surface area contributed by atoms with E-state index in [1.807, 2.05) is 11.8 Å². The Kier molecular flexibility index (Phi) is 6.05. The fourth-order valence-corrected chi connectivity index (χ4v) is 3.55. The summed E-state index contributed by atoms with van der Waals surface area (Å²) in [7, 11) is 2.06. The Morgan fingerprint density at radius 2 is 2.17 bits per heavy atom. The summed E-state index contributed by atoms with van der Waals surface area (Å²) in [4.78, 5) is 4.02. The van der Waals surface area contributed by atoms with E-state index >= 15 is 0 Å². The molecule has 1 aliphatic rings. The van der Waals surface area contributed by atoms with E-state index in [-0.39, 0.29) is 0 Å². The van der Waals surface area contributed by atoms with Crippen LogP contribution in [0.2, 0.25) is 0 Å². The van der Waals surface area contributed by atoms with Crippen LogP contribution in [0.1, 0.15) is 12.8 Å². The van der Waals surface area contributed by atoms with Crippen LogP contribution in [-0.4, -0.2) is 43.9 Å². The van der Waals surface area contributed by atoms with Gasteiger partial charge in [0.15, 0.2) is 0 Å². The van der Waals surface area contributed by atoms with Crippen LogP contribution in [0.3, 0.4) is 0 Å².